The number of ether oxygens (including phenoxy) is 1. The molecule has 84 valence electrons. The molecule has 2 N–H and O–H groups in total. The predicted octanol–water partition coefficient (Wildman–Crippen LogP) is 3.08. The molecule has 0 aliphatic carbocycles. The summed E-state index contributed by atoms with van der Waals surface area (Å²) in [4.78, 5) is 0. The maximum atomic E-state index is 5.62. The minimum absolute atomic E-state index is 0.0563. The highest BCUT2D eigenvalue weighted by molar-refractivity contribution is 9.10. The fraction of sp³-hybridized carbons (Fsp3) is 0.500. The van der Waals surface area contributed by atoms with Crippen LogP contribution in [0.25, 0.3) is 0 Å². The molecule has 3 heteroatoms. The van der Waals surface area contributed by atoms with Crippen LogP contribution in [0.4, 0.5) is 0 Å². The highest BCUT2D eigenvalue weighted by Gasteiger charge is 2.23. The highest BCUT2D eigenvalue weighted by Crippen LogP contribution is 2.35. The van der Waals surface area contributed by atoms with Gasteiger partial charge in [0.1, 0.15) is 5.75 Å². The molecule has 0 amide bonds. The lowest BCUT2D eigenvalue weighted by Gasteiger charge is -2.26. The van der Waals surface area contributed by atoms with Crippen molar-refractivity contribution in [1.82, 2.24) is 0 Å². The van der Waals surface area contributed by atoms with Gasteiger partial charge in [-0.2, -0.15) is 0 Å². The Morgan fingerprint density at radius 1 is 1.40 bits per heavy atom. The van der Waals surface area contributed by atoms with Crippen LogP contribution in [-0.2, 0) is 5.41 Å². The van der Waals surface area contributed by atoms with Gasteiger partial charge in [0.05, 0.1) is 7.11 Å². The number of halogens is 1. The Hall–Kier alpha value is -0.540. The van der Waals surface area contributed by atoms with Crippen LogP contribution in [0.3, 0.4) is 0 Å². The van der Waals surface area contributed by atoms with Crippen LogP contribution in [0.5, 0.6) is 5.75 Å². The molecule has 15 heavy (non-hydrogen) atoms. The minimum atomic E-state index is 0.0563. The van der Waals surface area contributed by atoms with Gasteiger partial charge in [0.15, 0.2) is 0 Å². The van der Waals surface area contributed by atoms with Crippen molar-refractivity contribution in [2.24, 2.45) is 5.73 Å². The maximum Gasteiger partial charge on any atom is 0.123 e. The van der Waals surface area contributed by atoms with Gasteiger partial charge < -0.3 is 10.5 Å². The third kappa shape index (κ3) is 2.95. The normalized spacial score (nSPS) is 11.5. The summed E-state index contributed by atoms with van der Waals surface area (Å²) in [6.07, 6.45) is 0.949. The summed E-state index contributed by atoms with van der Waals surface area (Å²) in [6.45, 7) is 5.06. The third-order valence-corrected chi connectivity index (χ3v) is 3.16. The summed E-state index contributed by atoms with van der Waals surface area (Å²) < 4.78 is 6.42. The molecule has 0 saturated heterocycles. The van der Waals surface area contributed by atoms with Gasteiger partial charge in [0.2, 0.25) is 0 Å². The quantitative estimate of drug-likeness (QED) is 0.914. The Morgan fingerprint density at radius 2 is 2.07 bits per heavy atom. The van der Waals surface area contributed by atoms with Crippen LogP contribution < -0.4 is 10.5 Å². The van der Waals surface area contributed by atoms with Crippen LogP contribution in [-0.4, -0.2) is 13.7 Å². The third-order valence-electron chi connectivity index (χ3n) is 2.66. The van der Waals surface area contributed by atoms with Crippen molar-refractivity contribution in [3.63, 3.8) is 0 Å². The average molecular weight is 272 g/mol. The zero-order chi connectivity index (χ0) is 11.5. The second-order valence-corrected chi connectivity index (χ2v) is 5.18. The molecule has 1 rings (SSSR count). The summed E-state index contributed by atoms with van der Waals surface area (Å²) in [6, 6.07) is 6.13. The van der Waals surface area contributed by atoms with E-state index >= 15 is 0 Å². The SMILES string of the molecule is COc1cc(Br)ccc1C(C)(C)CCN. The Bertz CT molecular complexity index is 336. The first-order valence-electron chi connectivity index (χ1n) is 5.05. The molecule has 0 aliphatic heterocycles. The van der Waals surface area contributed by atoms with Crippen LogP contribution in [0.1, 0.15) is 25.8 Å². The first kappa shape index (κ1) is 12.5. The summed E-state index contributed by atoms with van der Waals surface area (Å²) in [5.41, 5.74) is 6.89. The van der Waals surface area contributed by atoms with Gasteiger partial charge in [-0.05, 0) is 36.1 Å². The molecule has 0 atom stereocenters. The smallest absolute Gasteiger partial charge is 0.123 e. The Balaban J connectivity index is 3.12. The Kier molecular flexibility index (Phi) is 4.17. The lowest BCUT2D eigenvalue weighted by atomic mass is 9.81. The van der Waals surface area contributed by atoms with Gasteiger partial charge in [-0.15, -0.1) is 0 Å². The van der Waals surface area contributed by atoms with E-state index in [2.05, 4.69) is 35.8 Å². The van der Waals surface area contributed by atoms with E-state index in [1.54, 1.807) is 7.11 Å². The van der Waals surface area contributed by atoms with Crippen molar-refractivity contribution < 1.29 is 4.74 Å². The fourth-order valence-corrected chi connectivity index (χ4v) is 2.06. The molecule has 1 aromatic rings. The van der Waals surface area contributed by atoms with Crippen molar-refractivity contribution in [1.29, 1.82) is 0 Å². The average Bonchev–Trinajstić information content (AvgIpc) is 2.17. The first-order chi connectivity index (χ1) is 7.01. The van der Waals surface area contributed by atoms with Crippen LogP contribution in [0, 0.1) is 0 Å². The molecular weight excluding hydrogens is 254 g/mol. The monoisotopic (exact) mass is 271 g/mol. The van der Waals surface area contributed by atoms with Gasteiger partial charge in [0, 0.05) is 4.47 Å². The van der Waals surface area contributed by atoms with E-state index in [-0.39, 0.29) is 5.41 Å². The van der Waals surface area contributed by atoms with Crippen molar-refractivity contribution >= 4 is 15.9 Å². The number of nitrogens with two attached hydrogens (primary N) is 1. The van der Waals surface area contributed by atoms with E-state index in [4.69, 9.17) is 10.5 Å². The van der Waals surface area contributed by atoms with Crippen molar-refractivity contribution in [3.8, 4) is 5.75 Å². The zero-order valence-electron chi connectivity index (χ0n) is 9.51. The van der Waals surface area contributed by atoms with Gasteiger partial charge in [-0.25, -0.2) is 0 Å². The van der Waals surface area contributed by atoms with Crippen molar-refractivity contribution in [2.75, 3.05) is 13.7 Å². The van der Waals surface area contributed by atoms with E-state index in [1.807, 2.05) is 12.1 Å². The van der Waals surface area contributed by atoms with Crippen LogP contribution in [0.2, 0.25) is 0 Å². The number of hydrogen-bond acceptors (Lipinski definition) is 2. The van der Waals surface area contributed by atoms with Crippen molar-refractivity contribution in [3.05, 3.63) is 28.2 Å². The molecular formula is C12H18BrNO. The van der Waals surface area contributed by atoms with Gasteiger partial charge >= 0.3 is 0 Å². The summed E-state index contributed by atoms with van der Waals surface area (Å²) >= 11 is 3.44. The second kappa shape index (κ2) is 4.99. The molecule has 0 bridgehead atoms. The first-order valence-corrected chi connectivity index (χ1v) is 5.84. The van der Waals surface area contributed by atoms with E-state index in [0.717, 1.165) is 16.6 Å². The number of rotatable bonds is 4. The molecule has 2 nitrogen and oxygen atoms in total. The fourth-order valence-electron chi connectivity index (χ4n) is 1.72. The second-order valence-electron chi connectivity index (χ2n) is 4.27. The predicted molar refractivity (Wildman–Crippen MR) is 67.4 cm³/mol. The molecule has 1 aromatic carbocycles. The Morgan fingerprint density at radius 3 is 2.60 bits per heavy atom. The molecule has 0 spiro atoms. The number of benzene rings is 1. The number of hydrogen-bond donors (Lipinski definition) is 1. The summed E-state index contributed by atoms with van der Waals surface area (Å²) in [5, 5.41) is 0. The van der Waals surface area contributed by atoms with E-state index in [0.29, 0.717) is 6.54 Å². The summed E-state index contributed by atoms with van der Waals surface area (Å²) in [5.74, 6) is 0.919. The molecule has 0 fully saturated rings. The van der Waals surface area contributed by atoms with Gasteiger partial charge in [-0.3, -0.25) is 0 Å². The largest absolute Gasteiger partial charge is 0.496 e. The lowest BCUT2D eigenvalue weighted by Crippen LogP contribution is -2.22. The lowest BCUT2D eigenvalue weighted by molar-refractivity contribution is 0.386. The van der Waals surface area contributed by atoms with Gasteiger partial charge in [-0.1, -0.05) is 35.8 Å². The van der Waals surface area contributed by atoms with Crippen LogP contribution in [0.15, 0.2) is 22.7 Å². The zero-order valence-corrected chi connectivity index (χ0v) is 11.1. The topological polar surface area (TPSA) is 35.2 Å². The van der Waals surface area contributed by atoms with Crippen molar-refractivity contribution in [2.45, 2.75) is 25.7 Å². The van der Waals surface area contributed by atoms with E-state index in [1.165, 1.54) is 5.56 Å². The van der Waals surface area contributed by atoms with Gasteiger partial charge in [0.25, 0.3) is 0 Å². The molecule has 0 heterocycles. The standard InChI is InChI=1S/C12H18BrNO/c1-12(2,6-7-14)10-5-4-9(13)8-11(10)15-3/h4-5,8H,6-7,14H2,1-3H3. The molecule has 0 unspecified atom stereocenters. The molecule has 0 saturated carbocycles. The minimum Gasteiger partial charge on any atom is -0.496 e. The van der Waals surface area contributed by atoms with E-state index in [9.17, 15) is 0 Å². The van der Waals surface area contributed by atoms with E-state index < -0.39 is 0 Å². The molecule has 0 radical (unpaired) electrons. The number of methoxy groups -OCH3 is 1. The molecule has 0 aromatic heterocycles. The van der Waals surface area contributed by atoms with Crippen LogP contribution >= 0.6 is 15.9 Å². The Labute approximate surface area is 99.9 Å². The molecule has 0 aliphatic rings. The highest BCUT2D eigenvalue weighted by atomic mass is 79.9. The maximum absolute atomic E-state index is 5.62. The summed E-state index contributed by atoms with van der Waals surface area (Å²) in [7, 11) is 1.70.